The van der Waals surface area contributed by atoms with Gasteiger partial charge in [-0.2, -0.15) is 5.26 Å². The molecule has 0 aromatic heterocycles. The van der Waals surface area contributed by atoms with Crippen molar-refractivity contribution in [1.29, 1.82) is 5.26 Å². The summed E-state index contributed by atoms with van der Waals surface area (Å²) >= 11 is 0. The number of nitriles is 1. The Morgan fingerprint density at radius 3 is 2.50 bits per heavy atom. The molecule has 0 saturated carbocycles. The number of nitrogens with zero attached hydrogens (tertiary/aromatic N) is 1. The van der Waals surface area contributed by atoms with Gasteiger partial charge in [-0.05, 0) is 18.8 Å². The van der Waals surface area contributed by atoms with Gasteiger partial charge in [0.25, 0.3) is 0 Å². The Morgan fingerprint density at radius 1 is 1.44 bits per heavy atom. The van der Waals surface area contributed by atoms with Crippen molar-refractivity contribution in [3.8, 4) is 6.07 Å². The van der Waals surface area contributed by atoms with Crippen LogP contribution in [0.5, 0.6) is 0 Å². The van der Waals surface area contributed by atoms with Crippen molar-refractivity contribution in [2.75, 3.05) is 12.4 Å². The van der Waals surface area contributed by atoms with Crippen molar-refractivity contribution in [3.05, 3.63) is 0 Å². The summed E-state index contributed by atoms with van der Waals surface area (Å²) in [7, 11) is -3.37. The summed E-state index contributed by atoms with van der Waals surface area (Å²) < 4.78 is 25.5. The van der Waals surface area contributed by atoms with E-state index in [4.69, 9.17) is 10.4 Å². The summed E-state index contributed by atoms with van der Waals surface area (Å²) in [4.78, 5) is 0. The van der Waals surface area contributed by atoms with Gasteiger partial charge in [0.2, 0.25) is 10.0 Å². The Morgan fingerprint density at radius 2 is 2.06 bits per heavy atom. The fourth-order valence-electron chi connectivity index (χ4n) is 1.38. The van der Waals surface area contributed by atoms with Gasteiger partial charge < -0.3 is 5.11 Å². The first-order valence-corrected chi connectivity index (χ1v) is 7.04. The van der Waals surface area contributed by atoms with Crippen LogP contribution >= 0.6 is 0 Å². The van der Waals surface area contributed by atoms with Crippen LogP contribution in [0.3, 0.4) is 0 Å². The number of unbranched alkanes of at least 4 members (excludes halogenated alkanes) is 1. The molecule has 0 aliphatic carbocycles. The normalized spacial score (nSPS) is 13.7. The fraction of sp³-hybridized carbons (Fsp3) is 0.900. The highest BCUT2D eigenvalue weighted by atomic mass is 32.2. The third-order valence-electron chi connectivity index (χ3n) is 2.02. The van der Waals surface area contributed by atoms with E-state index in [2.05, 4.69) is 4.72 Å². The van der Waals surface area contributed by atoms with Crippen molar-refractivity contribution < 1.29 is 13.5 Å². The first-order chi connectivity index (χ1) is 7.41. The van der Waals surface area contributed by atoms with Gasteiger partial charge in [0.1, 0.15) is 0 Å². The van der Waals surface area contributed by atoms with Gasteiger partial charge in [-0.3, -0.25) is 0 Å². The van der Waals surface area contributed by atoms with E-state index in [0.29, 0.717) is 18.8 Å². The van der Waals surface area contributed by atoms with Gasteiger partial charge >= 0.3 is 0 Å². The summed E-state index contributed by atoms with van der Waals surface area (Å²) in [6.45, 7) is 3.73. The maximum absolute atomic E-state index is 11.5. The van der Waals surface area contributed by atoms with E-state index in [1.165, 1.54) is 0 Å². The largest absolute Gasteiger partial charge is 0.395 e. The van der Waals surface area contributed by atoms with E-state index >= 15 is 0 Å². The number of sulfonamides is 1. The third kappa shape index (κ3) is 7.63. The fourth-order valence-corrected chi connectivity index (χ4v) is 2.70. The number of hydrogen-bond donors (Lipinski definition) is 2. The van der Waals surface area contributed by atoms with Crippen molar-refractivity contribution in [3.63, 3.8) is 0 Å². The lowest BCUT2D eigenvalue weighted by Crippen LogP contribution is -2.39. The van der Waals surface area contributed by atoms with Crippen LogP contribution in [0, 0.1) is 17.2 Å². The van der Waals surface area contributed by atoms with E-state index in [1.807, 2.05) is 19.9 Å². The van der Waals surface area contributed by atoms with Crippen LogP contribution < -0.4 is 4.72 Å². The van der Waals surface area contributed by atoms with Crippen LogP contribution in [0.15, 0.2) is 0 Å². The Kier molecular flexibility index (Phi) is 7.30. The number of aliphatic hydroxyl groups excluding tert-OH is 1. The molecule has 0 bridgehead atoms. The summed E-state index contributed by atoms with van der Waals surface area (Å²) in [6.07, 6.45) is 1.16. The molecule has 0 spiro atoms. The highest BCUT2D eigenvalue weighted by Gasteiger charge is 2.17. The molecule has 0 heterocycles. The molecule has 5 nitrogen and oxygen atoms in total. The molecule has 16 heavy (non-hydrogen) atoms. The second-order valence-corrected chi connectivity index (χ2v) is 6.08. The molecule has 0 fully saturated rings. The van der Waals surface area contributed by atoms with Crippen LogP contribution in [0.1, 0.15) is 33.1 Å². The summed E-state index contributed by atoms with van der Waals surface area (Å²) in [5.41, 5.74) is 0. The Hall–Kier alpha value is -0.640. The second kappa shape index (κ2) is 7.60. The molecule has 94 valence electrons. The van der Waals surface area contributed by atoms with Crippen molar-refractivity contribution >= 4 is 10.0 Å². The number of hydrogen-bond acceptors (Lipinski definition) is 4. The maximum atomic E-state index is 11.5. The Bertz CT molecular complexity index is 319. The zero-order chi connectivity index (χ0) is 12.6. The quantitative estimate of drug-likeness (QED) is 0.616. The van der Waals surface area contributed by atoms with Gasteiger partial charge in [-0.25, -0.2) is 13.1 Å². The summed E-state index contributed by atoms with van der Waals surface area (Å²) in [5.74, 6) is 0.258. The van der Waals surface area contributed by atoms with Crippen molar-refractivity contribution in [2.24, 2.45) is 5.92 Å². The highest BCUT2D eigenvalue weighted by molar-refractivity contribution is 7.89. The lowest BCUT2D eigenvalue weighted by molar-refractivity contribution is 0.240. The molecule has 0 amide bonds. The molecule has 0 rings (SSSR count). The molecule has 0 radical (unpaired) electrons. The van der Waals surface area contributed by atoms with Crippen LogP contribution in [-0.2, 0) is 10.0 Å². The maximum Gasteiger partial charge on any atom is 0.211 e. The van der Waals surface area contributed by atoms with Gasteiger partial charge in [0.15, 0.2) is 0 Å². The average molecular weight is 248 g/mol. The molecule has 0 aliphatic rings. The molecular formula is C10H20N2O3S. The second-order valence-electron chi connectivity index (χ2n) is 4.21. The molecule has 1 unspecified atom stereocenters. The number of nitrogens with one attached hydrogen (secondary N) is 1. The van der Waals surface area contributed by atoms with E-state index in [1.54, 1.807) is 0 Å². The van der Waals surface area contributed by atoms with E-state index in [0.717, 1.165) is 0 Å². The van der Waals surface area contributed by atoms with Crippen LogP contribution in [-0.4, -0.2) is 31.9 Å². The molecule has 2 N–H and O–H groups in total. The predicted molar refractivity (Wildman–Crippen MR) is 62.1 cm³/mol. The minimum atomic E-state index is -3.37. The van der Waals surface area contributed by atoms with Crippen LogP contribution in [0.25, 0.3) is 0 Å². The lowest BCUT2D eigenvalue weighted by Gasteiger charge is -2.17. The highest BCUT2D eigenvalue weighted by Crippen LogP contribution is 2.06. The van der Waals surface area contributed by atoms with Gasteiger partial charge in [-0.15, -0.1) is 0 Å². The standard InChI is InChI=1S/C10H20N2O3S/c1-9(2)7-10(8-13)12-16(14,15)6-4-3-5-11/h9-10,12-13H,3-4,6-8H2,1-2H3. The monoisotopic (exact) mass is 248 g/mol. The SMILES string of the molecule is CC(C)CC(CO)NS(=O)(=O)CCCC#N. The topological polar surface area (TPSA) is 90.2 Å². The van der Waals surface area contributed by atoms with Gasteiger partial charge in [0, 0.05) is 12.5 Å². The molecular weight excluding hydrogens is 228 g/mol. The molecule has 6 heteroatoms. The first-order valence-electron chi connectivity index (χ1n) is 5.39. The average Bonchev–Trinajstić information content (AvgIpc) is 2.15. The van der Waals surface area contributed by atoms with E-state index < -0.39 is 16.1 Å². The molecule has 1 atom stereocenters. The van der Waals surface area contributed by atoms with E-state index in [9.17, 15) is 8.42 Å². The predicted octanol–water partition coefficient (Wildman–Crippen LogP) is 0.617. The van der Waals surface area contributed by atoms with E-state index in [-0.39, 0.29) is 18.8 Å². The van der Waals surface area contributed by atoms with Gasteiger partial charge in [0.05, 0.1) is 18.4 Å². The third-order valence-corrected chi connectivity index (χ3v) is 3.54. The Balaban J connectivity index is 4.16. The molecule has 0 saturated heterocycles. The molecule has 0 aromatic rings. The van der Waals surface area contributed by atoms with Crippen LogP contribution in [0.4, 0.5) is 0 Å². The van der Waals surface area contributed by atoms with Crippen molar-refractivity contribution in [1.82, 2.24) is 4.72 Å². The van der Waals surface area contributed by atoms with Crippen molar-refractivity contribution in [2.45, 2.75) is 39.2 Å². The minimum absolute atomic E-state index is 0.0604. The zero-order valence-corrected chi connectivity index (χ0v) is 10.6. The zero-order valence-electron chi connectivity index (χ0n) is 9.81. The smallest absolute Gasteiger partial charge is 0.211 e. The minimum Gasteiger partial charge on any atom is -0.395 e. The summed E-state index contributed by atoms with van der Waals surface area (Å²) in [5, 5.41) is 17.3. The summed E-state index contributed by atoms with van der Waals surface area (Å²) in [6, 6.07) is 1.47. The van der Waals surface area contributed by atoms with Crippen LogP contribution in [0.2, 0.25) is 0 Å². The molecule has 0 aromatic carbocycles. The first kappa shape index (κ1) is 15.4. The van der Waals surface area contributed by atoms with Gasteiger partial charge in [-0.1, -0.05) is 13.8 Å². The molecule has 0 aliphatic heterocycles. The number of aliphatic hydroxyl groups is 1. The lowest BCUT2D eigenvalue weighted by atomic mass is 10.1. The Labute approximate surface area is 97.5 Å². The number of rotatable bonds is 8.